The zero-order chi connectivity index (χ0) is 16.2. The lowest BCUT2D eigenvalue weighted by atomic mass is 10.1. The summed E-state index contributed by atoms with van der Waals surface area (Å²) in [6, 6.07) is 7.75. The highest BCUT2D eigenvalue weighted by Crippen LogP contribution is 2.25. The standard InChI is InChI=1S/C17H22N4O2/c1-12-5-6-16(23-2)15(10-12)19-17(22)14-7-9-21(20-14)13-4-3-8-18-11-13/h5-7,9-10,13,18H,3-4,8,11H2,1-2H3,(H,19,22). The van der Waals surface area contributed by atoms with Crippen molar-refractivity contribution in [2.75, 3.05) is 25.5 Å². The predicted octanol–water partition coefficient (Wildman–Crippen LogP) is 2.38. The molecule has 0 aliphatic carbocycles. The fraction of sp³-hybridized carbons (Fsp3) is 0.412. The maximum Gasteiger partial charge on any atom is 0.276 e. The largest absolute Gasteiger partial charge is 0.495 e. The Balaban J connectivity index is 1.73. The van der Waals surface area contributed by atoms with Crippen molar-refractivity contribution in [3.63, 3.8) is 0 Å². The topological polar surface area (TPSA) is 68.2 Å². The third kappa shape index (κ3) is 3.53. The highest BCUT2D eigenvalue weighted by Gasteiger charge is 2.18. The first-order valence-corrected chi connectivity index (χ1v) is 7.89. The van der Waals surface area contributed by atoms with Gasteiger partial charge < -0.3 is 15.4 Å². The summed E-state index contributed by atoms with van der Waals surface area (Å²) in [6.45, 7) is 3.92. The number of hydrogen-bond acceptors (Lipinski definition) is 4. The molecule has 2 N–H and O–H groups in total. The van der Waals surface area contributed by atoms with Crippen LogP contribution in [0.4, 0.5) is 5.69 Å². The molecule has 1 atom stereocenters. The lowest BCUT2D eigenvalue weighted by Crippen LogP contribution is -2.32. The molecule has 1 aromatic carbocycles. The lowest BCUT2D eigenvalue weighted by molar-refractivity contribution is 0.102. The Morgan fingerprint density at radius 2 is 2.30 bits per heavy atom. The van der Waals surface area contributed by atoms with Crippen molar-refractivity contribution in [3.8, 4) is 5.75 Å². The van der Waals surface area contributed by atoms with Gasteiger partial charge in [0.05, 0.1) is 18.8 Å². The molecular formula is C17H22N4O2. The molecular weight excluding hydrogens is 292 g/mol. The summed E-state index contributed by atoms with van der Waals surface area (Å²) in [5.41, 5.74) is 2.13. The van der Waals surface area contributed by atoms with E-state index >= 15 is 0 Å². The number of methoxy groups -OCH3 is 1. The van der Waals surface area contributed by atoms with Gasteiger partial charge in [0.2, 0.25) is 0 Å². The number of rotatable bonds is 4. The maximum atomic E-state index is 12.4. The van der Waals surface area contributed by atoms with Crippen LogP contribution in [0.2, 0.25) is 0 Å². The highest BCUT2D eigenvalue weighted by atomic mass is 16.5. The third-order valence-electron chi connectivity index (χ3n) is 4.09. The summed E-state index contributed by atoms with van der Waals surface area (Å²) >= 11 is 0. The van der Waals surface area contributed by atoms with Gasteiger partial charge in [0, 0.05) is 12.7 Å². The van der Waals surface area contributed by atoms with Crippen molar-refractivity contribution in [1.29, 1.82) is 0 Å². The lowest BCUT2D eigenvalue weighted by Gasteiger charge is -2.22. The second kappa shape index (κ2) is 6.83. The molecule has 1 aliphatic rings. The van der Waals surface area contributed by atoms with Gasteiger partial charge in [0.15, 0.2) is 5.69 Å². The normalized spacial score (nSPS) is 17.7. The van der Waals surface area contributed by atoms with Crippen LogP contribution in [0.5, 0.6) is 5.75 Å². The SMILES string of the molecule is COc1ccc(C)cc1NC(=O)c1ccn(C2CCCNC2)n1. The van der Waals surface area contributed by atoms with Crippen molar-refractivity contribution < 1.29 is 9.53 Å². The molecule has 122 valence electrons. The number of piperidine rings is 1. The van der Waals surface area contributed by atoms with Crippen LogP contribution in [0.1, 0.15) is 34.9 Å². The van der Waals surface area contributed by atoms with Gasteiger partial charge in [-0.2, -0.15) is 5.10 Å². The minimum absolute atomic E-state index is 0.226. The molecule has 1 unspecified atom stereocenters. The van der Waals surface area contributed by atoms with Gasteiger partial charge in [0.1, 0.15) is 5.75 Å². The Bertz CT molecular complexity index is 690. The summed E-state index contributed by atoms with van der Waals surface area (Å²) in [5.74, 6) is 0.413. The fourth-order valence-electron chi connectivity index (χ4n) is 2.83. The van der Waals surface area contributed by atoms with Gasteiger partial charge in [-0.15, -0.1) is 0 Å². The molecule has 3 rings (SSSR count). The molecule has 0 radical (unpaired) electrons. The molecule has 1 aliphatic heterocycles. The zero-order valence-corrected chi connectivity index (χ0v) is 13.5. The van der Waals surface area contributed by atoms with Crippen LogP contribution in [0.15, 0.2) is 30.5 Å². The minimum Gasteiger partial charge on any atom is -0.495 e. The predicted molar refractivity (Wildman–Crippen MR) is 89.1 cm³/mol. The summed E-state index contributed by atoms with van der Waals surface area (Å²) in [5, 5.41) is 10.7. The number of aryl methyl sites for hydroxylation is 1. The molecule has 1 aromatic heterocycles. The van der Waals surface area contributed by atoms with Crippen molar-refractivity contribution in [3.05, 3.63) is 41.7 Å². The molecule has 1 saturated heterocycles. The van der Waals surface area contributed by atoms with Crippen LogP contribution >= 0.6 is 0 Å². The van der Waals surface area contributed by atoms with Crippen LogP contribution in [0, 0.1) is 6.92 Å². The number of carbonyl (C=O) groups is 1. The van der Waals surface area contributed by atoms with Crippen LogP contribution in [0.25, 0.3) is 0 Å². The van der Waals surface area contributed by atoms with E-state index in [-0.39, 0.29) is 5.91 Å². The maximum absolute atomic E-state index is 12.4. The monoisotopic (exact) mass is 314 g/mol. The molecule has 2 heterocycles. The molecule has 1 fully saturated rings. The molecule has 6 heteroatoms. The summed E-state index contributed by atoms with van der Waals surface area (Å²) in [6.07, 6.45) is 4.09. The van der Waals surface area contributed by atoms with E-state index in [9.17, 15) is 4.79 Å². The third-order valence-corrected chi connectivity index (χ3v) is 4.09. The van der Waals surface area contributed by atoms with Gasteiger partial charge in [0.25, 0.3) is 5.91 Å². The van der Waals surface area contributed by atoms with E-state index in [0.717, 1.165) is 31.5 Å². The Morgan fingerprint density at radius 3 is 3.04 bits per heavy atom. The van der Waals surface area contributed by atoms with Gasteiger partial charge in [-0.25, -0.2) is 0 Å². The van der Waals surface area contributed by atoms with Crippen molar-refractivity contribution >= 4 is 11.6 Å². The summed E-state index contributed by atoms with van der Waals surface area (Å²) < 4.78 is 7.17. The number of nitrogens with one attached hydrogen (secondary N) is 2. The number of anilines is 1. The first-order valence-electron chi connectivity index (χ1n) is 7.89. The van der Waals surface area contributed by atoms with Gasteiger partial charge >= 0.3 is 0 Å². The zero-order valence-electron chi connectivity index (χ0n) is 13.5. The first kappa shape index (κ1) is 15.6. The number of nitrogens with zero attached hydrogens (tertiary/aromatic N) is 2. The molecule has 0 spiro atoms. The number of carbonyl (C=O) groups excluding carboxylic acids is 1. The van der Waals surface area contributed by atoms with E-state index in [4.69, 9.17) is 4.74 Å². The second-order valence-corrected chi connectivity index (χ2v) is 5.84. The van der Waals surface area contributed by atoms with Crippen molar-refractivity contribution in [2.24, 2.45) is 0 Å². The smallest absolute Gasteiger partial charge is 0.276 e. The van der Waals surface area contributed by atoms with Gasteiger partial charge in [-0.3, -0.25) is 9.48 Å². The Kier molecular flexibility index (Phi) is 4.62. The summed E-state index contributed by atoms with van der Waals surface area (Å²) in [7, 11) is 1.59. The van der Waals surface area contributed by atoms with Crippen LogP contribution in [0.3, 0.4) is 0 Å². The van der Waals surface area contributed by atoms with Crippen molar-refractivity contribution in [1.82, 2.24) is 15.1 Å². The van der Waals surface area contributed by atoms with E-state index in [1.807, 2.05) is 36.0 Å². The Hall–Kier alpha value is -2.34. The quantitative estimate of drug-likeness (QED) is 0.909. The number of ether oxygens (including phenoxy) is 1. The first-order chi connectivity index (χ1) is 11.2. The van der Waals surface area contributed by atoms with Gasteiger partial charge in [-0.1, -0.05) is 6.07 Å². The average Bonchev–Trinajstić information content (AvgIpc) is 3.06. The number of amides is 1. The summed E-state index contributed by atoms with van der Waals surface area (Å²) in [4.78, 5) is 12.4. The van der Waals surface area contributed by atoms with Crippen LogP contribution in [-0.4, -0.2) is 35.9 Å². The molecule has 2 aromatic rings. The number of hydrogen-bond donors (Lipinski definition) is 2. The van der Waals surface area contributed by atoms with Gasteiger partial charge in [-0.05, 0) is 50.1 Å². The number of benzene rings is 1. The molecule has 23 heavy (non-hydrogen) atoms. The van der Waals surface area contributed by atoms with Crippen LogP contribution < -0.4 is 15.4 Å². The van der Waals surface area contributed by atoms with E-state index in [1.54, 1.807) is 13.2 Å². The van der Waals surface area contributed by atoms with Crippen LogP contribution in [-0.2, 0) is 0 Å². The van der Waals surface area contributed by atoms with Crippen molar-refractivity contribution in [2.45, 2.75) is 25.8 Å². The molecule has 0 bridgehead atoms. The Labute approximate surface area is 135 Å². The number of aromatic nitrogens is 2. The Morgan fingerprint density at radius 1 is 1.43 bits per heavy atom. The molecule has 1 amide bonds. The second-order valence-electron chi connectivity index (χ2n) is 5.84. The highest BCUT2D eigenvalue weighted by molar-refractivity contribution is 6.03. The van der Waals surface area contributed by atoms with E-state index in [1.165, 1.54) is 0 Å². The van der Waals surface area contributed by atoms with E-state index < -0.39 is 0 Å². The molecule has 0 saturated carbocycles. The minimum atomic E-state index is -0.226. The van der Waals surface area contributed by atoms with E-state index in [2.05, 4.69) is 15.7 Å². The molecule has 6 nitrogen and oxygen atoms in total. The fourth-order valence-corrected chi connectivity index (χ4v) is 2.83. The van der Waals surface area contributed by atoms with E-state index in [0.29, 0.717) is 23.2 Å². The average molecular weight is 314 g/mol.